The molecule has 0 aliphatic carbocycles. The van der Waals surface area contributed by atoms with Gasteiger partial charge in [-0.2, -0.15) is 0 Å². The number of benzene rings is 2. The van der Waals surface area contributed by atoms with Crippen LogP contribution in [0, 0.1) is 12.8 Å². The Bertz CT molecular complexity index is 1210. The van der Waals surface area contributed by atoms with Gasteiger partial charge in [0.05, 0.1) is 16.3 Å². The predicted molar refractivity (Wildman–Crippen MR) is 148 cm³/mol. The Balaban J connectivity index is 1.36. The summed E-state index contributed by atoms with van der Waals surface area (Å²) in [5.41, 5.74) is 3.51. The molecule has 1 fully saturated rings. The van der Waals surface area contributed by atoms with Gasteiger partial charge in [-0.05, 0) is 43.5 Å². The molecule has 1 saturated heterocycles. The minimum absolute atomic E-state index is 0.0435. The van der Waals surface area contributed by atoms with Crippen LogP contribution in [0.15, 0.2) is 60.7 Å². The highest BCUT2D eigenvalue weighted by molar-refractivity contribution is 6.33. The second kappa shape index (κ2) is 12.2. The second-order valence-corrected chi connectivity index (χ2v) is 10.3. The molecule has 3 aromatic rings. The summed E-state index contributed by atoms with van der Waals surface area (Å²) in [7, 11) is 0. The summed E-state index contributed by atoms with van der Waals surface area (Å²) in [6.07, 6.45) is 0.814. The average Bonchev–Trinajstić information content (AvgIpc) is 2.91. The Hall–Kier alpha value is -3.45. The van der Waals surface area contributed by atoms with E-state index >= 15 is 0 Å². The van der Waals surface area contributed by atoms with Gasteiger partial charge in [0.15, 0.2) is 5.82 Å². The van der Waals surface area contributed by atoms with Gasteiger partial charge in [0, 0.05) is 38.3 Å². The Labute approximate surface area is 224 Å². The maximum absolute atomic E-state index is 13.2. The summed E-state index contributed by atoms with van der Waals surface area (Å²) in [6, 6.07) is 19.2. The van der Waals surface area contributed by atoms with Crippen molar-refractivity contribution in [3.05, 3.63) is 76.8 Å². The van der Waals surface area contributed by atoms with Crippen molar-refractivity contribution in [1.29, 1.82) is 0 Å². The van der Waals surface area contributed by atoms with Crippen LogP contribution in [0.25, 0.3) is 11.3 Å². The van der Waals surface area contributed by atoms with E-state index in [-0.39, 0.29) is 18.4 Å². The number of aromatic nitrogens is 2. The average molecular weight is 520 g/mol. The van der Waals surface area contributed by atoms with E-state index in [0.29, 0.717) is 49.2 Å². The van der Waals surface area contributed by atoms with Crippen LogP contribution in [0.2, 0.25) is 5.02 Å². The Kier molecular flexibility index (Phi) is 8.77. The van der Waals surface area contributed by atoms with Crippen molar-refractivity contribution in [2.75, 3.05) is 44.2 Å². The van der Waals surface area contributed by atoms with E-state index in [1.807, 2.05) is 29.2 Å². The molecule has 1 aliphatic heterocycles. The first-order valence-electron chi connectivity index (χ1n) is 12.8. The monoisotopic (exact) mass is 519 g/mol. The summed E-state index contributed by atoms with van der Waals surface area (Å²) >= 11 is 6.28. The van der Waals surface area contributed by atoms with Crippen LogP contribution in [0.4, 0.5) is 5.82 Å². The lowest BCUT2D eigenvalue weighted by Gasteiger charge is -2.36. The highest BCUT2D eigenvalue weighted by Gasteiger charge is 2.26. The Morgan fingerprint density at radius 1 is 0.946 bits per heavy atom. The lowest BCUT2D eigenvalue weighted by Crippen LogP contribution is -2.52. The van der Waals surface area contributed by atoms with E-state index in [1.54, 1.807) is 29.2 Å². The van der Waals surface area contributed by atoms with Crippen molar-refractivity contribution in [3.63, 3.8) is 0 Å². The number of piperazine rings is 1. The van der Waals surface area contributed by atoms with E-state index in [0.717, 1.165) is 23.5 Å². The fourth-order valence-corrected chi connectivity index (χ4v) is 4.51. The smallest absolute Gasteiger partial charge is 0.255 e. The van der Waals surface area contributed by atoms with Crippen molar-refractivity contribution in [3.8, 4) is 11.3 Å². The van der Waals surface area contributed by atoms with Crippen LogP contribution < -0.4 is 4.90 Å². The van der Waals surface area contributed by atoms with Crippen molar-refractivity contribution in [2.24, 2.45) is 5.92 Å². The number of carbonyl (C=O) groups excluding carboxylic acids is 2. The molecule has 37 heavy (non-hydrogen) atoms. The number of carbonyl (C=O) groups is 2. The Morgan fingerprint density at radius 2 is 1.65 bits per heavy atom. The number of hydrogen-bond donors (Lipinski definition) is 0. The summed E-state index contributed by atoms with van der Waals surface area (Å²) < 4.78 is 0. The van der Waals surface area contributed by atoms with Crippen LogP contribution in [0.3, 0.4) is 0 Å². The lowest BCUT2D eigenvalue weighted by molar-refractivity contribution is -0.132. The fourth-order valence-electron chi connectivity index (χ4n) is 4.29. The van der Waals surface area contributed by atoms with Crippen LogP contribution in [0.5, 0.6) is 0 Å². The van der Waals surface area contributed by atoms with Crippen molar-refractivity contribution < 1.29 is 9.59 Å². The highest BCUT2D eigenvalue weighted by atomic mass is 35.5. The highest BCUT2D eigenvalue weighted by Crippen LogP contribution is 2.21. The van der Waals surface area contributed by atoms with E-state index in [1.165, 1.54) is 5.56 Å². The number of hydrogen-bond acceptors (Lipinski definition) is 5. The predicted octanol–water partition coefficient (Wildman–Crippen LogP) is 4.94. The van der Waals surface area contributed by atoms with E-state index in [2.05, 4.69) is 48.0 Å². The number of anilines is 1. The van der Waals surface area contributed by atoms with E-state index in [9.17, 15) is 9.59 Å². The van der Waals surface area contributed by atoms with Gasteiger partial charge in [0.2, 0.25) is 5.91 Å². The van der Waals surface area contributed by atoms with Crippen molar-refractivity contribution >= 4 is 29.2 Å². The zero-order valence-electron chi connectivity index (χ0n) is 21.7. The maximum atomic E-state index is 13.2. The Morgan fingerprint density at radius 3 is 2.27 bits per heavy atom. The third-order valence-corrected chi connectivity index (χ3v) is 6.98. The SMILES string of the molecule is Cc1ccc(-c2ccc(N3CCN(C(=O)CN(CCC(C)C)C(=O)c4ccccc4Cl)CC3)nn2)cc1. The quantitative estimate of drug-likeness (QED) is 0.421. The third-order valence-electron chi connectivity index (χ3n) is 6.65. The van der Waals surface area contributed by atoms with Gasteiger partial charge in [-0.15, -0.1) is 10.2 Å². The number of aryl methyl sites for hydroxylation is 1. The molecule has 0 spiro atoms. The zero-order valence-corrected chi connectivity index (χ0v) is 22.5. The van der Waals surface area contributed by atoms with Gasteiger partial charge in [-0.1, -0.05) is 67.4 Å². The number of nitrogens with zero attached hydrogens (tertiary/aromatic N) is 5. The summed E-state index contributed by atoms with van der Waals surface area (Å²) in [5.74, 6) is 0.959. The fraction of sp³-hybridized carbons (Fsp3) is 0.379. The van der Waals surface area contributed by atoms with Crippen LogP contribution >= 0.6 is 11.6 Å². The minimum atomic E-state index is -0.206. The number of rotatable bonds is 8. The summed E-state index contributed by atoms with van der Waals surface area (Å²) in [5, 5.41) is 9.24. The summed E-state index contributed by atoms with van der Waals surface area (Å²) in [6.45, 7) is 9.28. The maximum Gasteiger partial charge on any atom is 0.255 e. The zero-order chi connectivity index (χ0) is 26.4. The molecule has 0 unspecified atom stereocenters. The first-order valence-corrected chi connectivity index (χ1v) is 13.2. The molecule has 2 amide bonds. The first kappa shape index (κ1) is 26.6. The second-order valence-electron chi connectivity index (χ2n) is 9.90. The van der Waals surface area contributed by atoms with Crippen LogP contribution in [-0.2, 0) is 4.79 Å². The molecule has 2 aromatic carbocycles. The largest absolute Gasteiger partial charge is 0.352 e. The van der Waals surface area contributed by atoms with Crippen LogP contribution in [0.1, 0.15) is 36.2 Å². The molecule has 0 bridgehead atoms. The number of halogens is 1. The molecule has 4 rings (SSSR count). The van der Waals surface area contributed by atoms with Gasteiger partial charge >= 0.3 is 0 Å². The lowest BCUT2D eigenvalue weighted by atomic mass is 10.1. The van der Waals surface area contributed by atoms with Crippen LogP contribution in [-0.4, -0.2) is 71.1 Å². The molecule has 2 heterocycles. The molecule has 0 N–H and O–H groups in total. The molecule has 1 aliphatic rings. The van der Waals surface area contributed by atoms with Gasteiger partial charge in [-0.25, -0.2) is 0 Å². The normalized spacial score (nSPS) is 13.6. The van der Waals surface area contributed by atoms with Gasteiger partial charge in [-0.3, -0.25) is 9.59 Å². The van der Waals surface area contributed by atoms with Crippen molar-refractivity contribution in [2.45, 2.75) is 27.2 Å². The topological polar surface area (TPSA) is 69.6 Å². The molecule has 194 valence electrons. The molecule has 0 saturated carbocycles. The standard InChI is InChI=1S/C29H34ClN5O2/c1-21(2)14-15-35(29(37)24-6-4-5-7-25(24)30)20-28(36)34-18-16-33(17-19-34)27-13-12-26(31-32-27)23-10-8-22(3)9-11-23/h4-13,21H,14-20H2,1-3H3. The van der Waals surface area contributed by atoms with Gasteiger partial charge < -0.3 is 14.7 Å². The molecular formula is C29H34ClN5O2. The van der Waals surface area contributed by atoms with E-state index in [4.69, 9.17) is 11.6 Å². The van der Waals surface area contributed by atoms with Gasteiger partial charge in [0.1, 0.15) is 6.54 Å². The minimum Gasteiger partial charge on any atom is -0.352 e. The number of amides is 2. The molecule has 8 heteroatoms. The summed E-state index contributed by atoms with van der Waals surface area (Å²) in [4.78, 5) is 32.0. The molecular weight excluding hydrogens is 486 g/mol. The first-order chi connectivity index (χ1) is 17.8. The molecule has 1 aromatic heterocycles. The van der Waals surface area contributed by atoms with Gasteiger partial charge in [0.25, 0.3) is 5.91 Å². The molecule has 0 atom stereocenters. The molecule has 7 nitrogen and oxygen atoms in total. The van der Waals surface area contributed by atoms with Crippen molar-refractivity contribution in [1.82, 2.24) is 20.0 Å². The third kappa shape index (κ3) is 6.86. The molecule has 0 radical (unpaired) electrons. The van der Waals surface area contributed by atoms with E-state index < -0.39 is 0 Å².